The molecule has 2 aromatic carbocycles. The molecular formula is C22H28BrCl2N2SiZr. The van der Waals surface area contributed by atoms with Crippen molar-refractivity contribution in [3.8, 4) is 0 Å². The molecule has 2 aromatic rings. The van der Waals surface area contributed by atoms with Gasteiger partial charge in [-0.2, -0.15) is 0 Å². The Morgan fingerprint density at radius 1 is 1.07 bits per heavy atom. The van der Waals surface area contributed by atoms with Crippen LogP contribution in [0, 0.1) is 0 Å². The van der Waals surface area contributed by atoms with Crippen LogP contribution in [0.4, 0.5) is 5.69 Å². The Balaban J connectivity index is 2.08. The molecule has 7 heteroatoms. The number of hydrogen-bond acceptors (Lipinski definition) is 2. The molecule has 155 valence electrons. The van der Waals surface area contributed by atoms with Crippen molar-refractivity contribution < 1.29 is 15.8 Å². The van der Waals surface area contributed by atoms with Crippen molar-refractivity contribution in [2.24, 2.45) is 0 Å². The maximum atomic E-state index is 7.79. The Morgan fingerprint density at radius 3 is 2.34 bits per heavy atom. The molecule has 1 atom stereocenters. The van der Waals surface area contributed by atoms with Crippen LogP contribution in [0.1, 0.15) is 43.4 Å². The molecule has 1 aliphatic carbocycles. The summed E-state index contributed by atoms with van der Waals surface area (Å²) in [5.74, 6) is -1.28. The van der Waals surface area contributed by atoms with E-state index < -0.39 is 21.8 Å². The second kappa shape index (κ2) is 7.05. The number of anilines is 1. The molecule has 2 aliphatic rings. The van der Waals surface area contributed by atoms with Crippen molar-refractivity contribution in [1.82, 2.24) is 3.26 Å². The van der Waals surface area contributed by atoms with E-state index in [0.29, 0.717) is 0 Å². The van der Waals surface area contributed by atoms with Crippen LogP contribution in [0.15, 0.2) is 52.6 Å². The van der Waals surface area contributed by atoms with Gasteiger partial charge in [0, 0.05) is 0 Å². The minimum absolute atomic E-state index is 0.153. The summed E-state index contributed by atoms with van der Waals surface area (Å²) in [6, 6.07) is 15.3. The number of rotatable bonds is 3. The Bertz CT molecular complexity index is 1050. The van der Waals surface area contributed by atoms with Crippen LogP contribution in [-0.4, -0.2) is 18.5 Å². The van der Waals surface area contributed by atoms with Crippen LogP contribution in [-0.2, 0) is 15.8 Å². The molecule has 0 aromatic heterocycles. The predicted octanol–water partition coefficient (Wildman–Crippen LogP) is 7.00. The normalized spacial score (nSPS) is 19.9. The third kappa shape index (κ3) is 3.39. The number of nitrogens with one attached hydrogen (secondary N) is 1. The predicted molar refractivity (Wildman–Crippen MR) is 131 cm³/mol. The molecule has 0 radical (unpaired) electrons. The summed E-state index contributed by atoms with van der Waals surface area (Å²) in [4.78, 5) is 2.33. The molecule has 4 rings (SSSR count). The van der Waals surface area contributed by atoms with Gasteiger partial charge in [0.1, 0.15) is 0 Å². The van der Waals surface area contributed by atoms with Gasteiger partial charge in [0.05, 0.1) is 0 Å². The second-order valence-electron chi connectivity index (χ2n) is 9.65. The van der Waals surface area contributed by atoms with Crippen molar-refractivity contribution in [2.75, 3.05) is 11.9 Å². The van der Waals surface area contributed by atoms with Gasteiger partial charge in [-0.1, -0.05) is 0 Å². The SMILES string of the molecule is CN1C2=[C]([Zr]([Cl])([Cl])([NH]C(C)(C)C)[SiH](C)C)c3ccccc3C2c2ccc(Br)cc21. The van der Waals surface area contributed by atoms with E-state index >= 15 is 0 Å². The van der Waals surface area contributed by atoms with Gasteiger partial charge in [0.25, 0.3) is 0 Å². The molecule has 0 saturated carbocycles. The fourth-order valence-electron chi connectivity index (χ4n) is 4.93. The molecule has 0 fully saturated rings. The fraction of sp³-hybridized carbons (Fsp3) is 0.364. The molecule has 29 heavy (non-hydrogen) atoms. The Morgan fingerprint density at radius 2 is 1.72 bits per heavy atom. The first-order valence-corrected chi connectivity index (χ1v) is 26.8. The van der Waals surface area contributed by atoms with E-state index in [1.54, 1.807) is 0 Å². The second-order valence-corrected chi connectivity index (χ2v) is 50.1. The average Bonchev–Trinajstić information content (AvgIpc) is 3.07. The van der Waals surface area contributed by atoms with E-state index in [9.17, 15) is 0 Å². The molecular weight excluding hydrogens is 562 g/mol. The molecule has 1 N–H and O–H groups in total. The van der Waals surface area contributed by atoms with Crippen molar-refractivity contribution in [3.05, 3.63) is 69.3 Å². The first-order chi connectivity index (χ1) is 13.3. The summed E-state index contributed by atoms with van der Waals surface area (Å²) in [6.07, 6.45) is 0. The van der Waals surface area contributed by atoms with Gasteiger partial charge in [-0.25, -0.2) is 0 Å². The summed E-state index contributed by atoms with van der Waals surface area (Å²) < 4.78 is 6.20. The number of benzene rings is 2. The van der Waals surface area contributed by atoms with E-state index in [1.165, 1.54) is 31.4 Å². The fourth-order valence-corrected chi connectivity index (χ4v) is 30.0. The van der Waals surface area contributed by atoms with Gasteiger partial charge in [0.15, 0.2) is 0 Å². The zero-order chi connectivity index (χ0) is 21.4. The number of hydrogen-bond donors (Lipinski definition) is 1. The zero-order valence-electron chi connectivity index (χ0n) is 17.8. The Kier molecular flexibility index (Phi) is 5.42. The van der Waals surface area contributed by atoms with Crippen molar-refractivity contribution in [3.63, 3.8) is 0 Å². The number of likely N-dealkylation sites (N-methyl/N-ethyl adjacent to an activating group) is 1. The van der Waals surface area contributed by atoms with E-state index in [2.05, 4.69) is 107 Å². The zero-order valence-corrected chi connectivity index (χ0v) is 24.5. The molecule has 0 amide bonds. The molecule has 0 bridgehead atoms. The quantitative estimate of drug-likeness (QED) is 0.388. The molecule has 1 unspecified atom stereocenters. The number of halogens is 3. The van der Waals surface area contributed by atoms with Crippen molar-refractivity contribution in [2.45, 2.75) is 45.3 Å². The average molecular weight is 591 g/mol. The number of nitrogens with zero attached hydrogens (tertiary/aromatic N) is 1. The van der Waals surface area contributed by atoms with Crippen LogP contribution in [0.5, 0.6) is 0 Å². The van der Waals surface area contributed by atoms with Gasteiger partial charge >= 0.3 is 194 Å². The molecule has 2 nitrogen and oxygen atoms in total. The standard InChI is InChI=1S/C16H11BrN.C4H10N.C2H7Si.2ClH.Zr/c1-18-14-9-11(17)6-7-13(14)16-12-5-3-2-4-10(12)8-15(16)18;1-4(2,3)5;1-3-2;;;/h2-7,9,16H,1H3;5H,1-3H3;3H,1-2H3;2*1H;/q;-1;;;;+3/p-2. The number of allylic oxidation sites excluding steroid dienone is 1. The number of fused-ring (bicyclic) bond motifs is 5. The summed E-state index contributed by atoms with van der Waals surface area (Å²) in [5.41, 5.74) is 6.28. The first kappa shape index (κ1) is 22.3. The third-order valence-corrected chi connectivity index (χ3v) is 51.6. The van der Waals surface area contributed by atoms with Crippen LogP contribution in [0.25, 0.3) is 3.28 Å². The van der Waals surface area contributed by atoms with Crippen molar-refractivity contribution >= 4 is 47.8 Å². The van der Waals surface area contributed by atoms with Crippen LogP contribution < -0.4 is 8.16 Å². The molecule has 1 heterocycles. The van der Waals surface area contributed by atoms with Gasteiger partial charge in [0.2, 0.25) is 0 Å². The van der Waals surface area contributed by atoms with Crippen LogP contribution >= 0.6 is 33.0 Å². The summed E-state index contributed by atoms with van der Waals surface area (Å²) >= 11 is -0.896. The van der Waals surface area contributed by atoms with Crippen LogP contribution in [0.3, 0.4) is 0 Å². The molecule has 0 spiro atoms. The van der Waals surface area contributed by atoms with E-state index in [4.69, 9.17) is 17.0 Å². The Hall–Kier alpha value is 0.1000. The van der Waals surface area contributed by atoms with E-state index in [1.807, 2.05) is 0 Å². The molecule has 0 saturated heterocycles. The van der Waals surface area contributed by atoms with E-state index in [-0.39, 0.29) is 11.5 Å². The van der Waals surface area contributed by atoms with Gasteiger partial charge in [-0.15, -0.1) is 0 Å². The van der Waals surface area contributed by atoms with Crippen molar-refractivity contribution in [1.29, 1.82) is 0 Å². The topological polar surface area (TPSA) is 15.3 Å². The first-order valence-electron chi connectivity index (χ1n) is 10.1. The summed E-state index contributed by atoms with van der Waals surface area (Å²) in [6.45, 7) is 11.2. The Labute approximate surface area is 192 Å². The van der Waals surface area contributed by atoms with Gasteiger partial charge in [-0.05, 0) is 0 Å². The monoisotopic (exact) mass is 587 g/mol. The third-order valence-electron chi connectivity index (χ3n) is 6.17. The molecule has 1 aliphatic heterocycles. The van der Waals surface area contributed by atoms with Crippen LogP contribution in [0.2, 0.25) is 13.1 Å². The maximum absolute atomic E-state index is 7.79. The van der Waals surface area contributed by atoms with Gasteiger partial charge in [-0.3, -0.25) is 0 Å². The minimum atomic E-state index is -4.54. The van der Waals surface area contributed by atoms with E-state index in [0.717, 1.165) is 4.47 Å². The summed E-state index contributed by atoms with van der Waals surface area (Å²) in [5, 5.41) is 0. The van der Waals surface area contributed by atoms with Gasteiger partial charge < -0.3 is 0 Å². The summed E-state index contributed by atoms with van der Waals surface area (Å²) in [7, 11) is 17.7.